The van der Waals surface area contributed by atoms with E-state index in [1.165, 1.54) is 0 Å². The molecule has 1 amide bonds. The van der Waals surface area contributed by atoms with Gasteiger partial charge in [-0.2, -0.15) is 0 Å². The van der Waals surface area contributed by atoms with Crippen LogP contribution in [0.15, 0.2) is 47.6 Å². The van der Waals surface area contributed by atoms with Gasteiger partial charge in [0.05, 0.1) is 23.7 Å². The van der Waals surface area contributed by atoms with E-state index in [1.54, 1.807) is 49.2 Å². The molecule has 0 radical (unpaired) electrons. The van der Waals surface area contributed by atoms with Gasteiger partial charge in [0.15, 0.2) is 11.0 Å². The highest BCUT2D eigenvalue weighted by Gasteiger charge is 2.14. The summed E-state index contributed by atoms with van der Waals surface area (Å²) in [5, 5.41) is 13.2. The second-order valence-electron chi connectivity index (χ2n) is 6.09. The third-order valence-electron chi connectivity index (χ3n) is 4.20. The molecule has 1 heterocycles. The first-order valence-electron chi connectivity index (χ1n) is 8.93. The number of nitrogens with one attached hydrogen (secondary N) is 1. The topological polar surface area (TPSA) is 69.0 Å². The van der Waals surface area contributed by atoms with E-state index in [-0.39, 0.29) is 12.5 Å². The lowest BCUT2D eigenvalue weighted by Gasteiger charge is -2.09. The van der Waals surface area contributed by atoms with Gasteiger partial charge in [0.1, 0.15) is 5.75 Å². The highest BCUT2D eigenvalue weighted by Crippen LogP contribution is 2.27. The number of amides is 1. The highest BCUT2D eigenvalue weighted by molar-refractivity contribution is 7.98. The molecule has 0 fully saturated rings. The summed E-state index contributed by atoms with van der Waals surface area (Å²) in [6.45, 7) is 2.99. The summed E-state index contributed by atoms with van der Waals surface area (Å²) >= 11 is 13.6. The van der Waals surface area contributed by atoms with Gasteiger partial charge in [-0.3, -0.25) is 4.79 Å². The van der Waals surface area contributed by atoms with Crippen LogP contribution in [0, 0.1) is 0 Å². The van der Waals surface area contributed by atoms with Gasteiger partial charge in [-0.25, -0.2) is 0 Å². The summed E-state index contributed by atoms with van der Waals surface area (Å²) in [5.41, 5.74) is 1.57. The van der Waals surface area contributed by atoms with Gasteiger partial charge in [-0.05, 0) is 42.8 Å². The molecule has 6 nitrogen and oxygen atoms in total. The molecule has 0 aliphatic heterocycles. The molecule has 1 aromatic heterocycles. The van der Waals surface area contributed by atoms with E-state index in [1.807, 2.05) is 23.6 Å². The molecule has 0 aliphatic carbocycles. The number of aromatic nitrogens is 3. The Morgan fingerprint density at radius 2 is 2.00 bits per heavy atom. The fourth-order valence-electron chi connectivity index (χ4n) is 2.68. The Bertz CT molecular complexity index is 1010. The van der Waals surface area contributed by atoms with Gasteiger partial charge < -0.3 is 14.6 Å². The van der Waals surface area contributed by atoms with Crippen molar-refractivity contribution in [3.63, 3.8) is 0 Å². The zero-order chi connectivity index (χ0) is 20.8. The molecule has 0 unspecified atom stereocenters. The summed E-state index contributed by atoms with van der Waals surface area (Å²) in [6, 6.07) is 12.6. The van der Waals surface area contributed by atoms with Crippen molar-refractivity contribution in [3.05, 3.63) is 69.5 Å². The Hall–Kier alpha value is -2.22. The van der Waals surface area contributed by atoms with Crippen LogP contribution in [0.3, 0.4) is 0 Å². The number of benzene rings is 2. The standard InChI is InChI=1S/C20H20Cl2N4O2S/c1-3-26-18(11-23-19(27)14-5-4-6-15(10-14)28-2)24-25-20(26)29-12-13-7-8-16(21)17(22)9-13/h4-10H,3,11-12H2,1-2H3,(H,23,27). The number of hydrogen-bond acceptors (Lipinski definition) is 5. The second-order valence-corrected chi connectivity index (χ2v) is 7.85. The molecule has 0 saturated carbocycles. The third-order valence-corrected chi connectivity index (χ3v) is 5.98. The first kappa shape index (κ1) is 21.5. The summed E-state index contributed by atoms with van der Waals surface area (Å²) in [4.78, 5) is 12.4. The third kappa shape index (κ3) is 5.44. The van der Waals surface area contributed by atoms with Gasteiger partial charge in [0, 0.05) is 17.9 Å². The van der Waals surface area contributed by atoms with Crippen molar-refractivity contribution >= 4 is 40.9 Å². The van der Waals surface area contributed by atoms with Crippen LogP contribution in [-0.2, 0) is 18.8 Å². The fourth-order valence-corrected chi connectivity index (χ4v) is 3.96. The quantitative estimate of drug-likeness (QED) is 0.497. The van der Waals surface area contributed by atoms with E-state index >= 15 is 0 Å². The van der Waals surface area contributed by atoms with E-state index in [4.69, 9.17) is 27.9 Å². The lowest BCUT2D eigenvalue weighted by molar-refractivity contribution is 0.0949. The summed E-state index contributed by atoms with van der Waals surface area (Å²) in [7, 11) is 1.57. The number of ether oxygens (including phenoxy) is 1. The lowest BCUT2D eigenvalue weighted by atomic mass is 10.2. The number of carbonyl (C=O) groups excluding carboxylic acids is 1. The van der Waals surface area contributed by atoms with Crippen molar-refractivity contribution in [2.45, 2.75) is 30.9 Å². The van der Waals surface area contributed by atoms with E-state index < -0.39 is 0 Å². The monoisotopic (exact) mass is 450 g/mol. The smallest absolute Gasteiger partial charge is 0.251 e. The zero-order valence-corrected chi connectivity index (χ0v) is 18.3. The Labute approximate surface area is 183 Å². The van der Waals surface area contributed by atoms with Crippen molar-refractivity contribution in [2.75, 3.05) is 7.11 Å². The Morgan fingerprint density at radius 1 is 1.17 bits per heavy atom. The molecular formula is C20H20Cl2N4O2S. The highest BCUT2D eigenvalue weighted by atomic mass is 35.5. The molecule has 2 aromatic carbocycles. The molecule has 1 N–H and O–H groups in total. The van der Waals surface area contributed by atoms with E-state index in [9.17, 15) is 4.79 Å². The molecule has 3 aromatic rings. The van der Waals surface area contributed by atoms with Crippen molar-refractivity contribution in [1.29, 1.82) is 0 Å². The van der Waals surface area contributed by atoms with Crippen molar-refractivity contribution in [1.82, 2.24) is 20.1 Å². The first-order valence-corrected chi connectivity index (χ1v) is 10.7. The lowest BCUT2D eigenvalue weighted by Crippen LogP contribution is -2.24. The van der Waals surface area contributed by atoms with E-state index in [0.29, 0.717) is 39.5 Å². The molecule has 0 saturated heterocycles. The van der Waals surface area contributed by atoms with E-state index in [0.717, 1.165) is 10.7 Å². The number of methoxy groups -OCH3 is 1. The molecule has 0 bridgehead atoms. The van der Waals surface area contributed by atoms with Crippen molar-refractivity contribution in [3.8, 4) is 5.75 Å². The number of carbonyl (C=O) groups is 1. The van der Waals surface area contributed by atoms with Crippen LogP contribution in [-0.4, -0.2) is 27.8 Å². The minimum Gasteiger partial charge on any atom is -0.497 e. The Balaban J connectivity index is 1.64. The van der Waals surface area contributed by atoms with Gasteiger partial charge >= 0.3 is 0 Å². The van der Waals surface area contributed by atoms with Crippen molar-refractivity contribution < 1.29 is 9.53 Å². The van der Waals surface area contributed by atoms with E-state index in [2.05, 4.69) is 15.5 Å². The molecule has 29 heavy (non-hydrogen) atoms. The van der Waals surface area contributed by atoms with Crippen LogP contribution >= 0.6 is 35.0 Å². The van der Waals surface area contributed by atoms with Gasteiger partial charge in [-0.15, -0.1) is 10.2 Å². The summed E-state index contributed by atoms with van der Waals surface area (Å²) in [5.74, 6) is 1.82. The average Bonchev–Trinajstić information content (AvgIpc) is 3.14. The number of thioether (sulfide) groups is 1. The normalized spacial score (nSPS) is 10.8. The number of halogens is 2. The molecule has 152 valence electrons. The molecule has 0 aliphatic rings. The van der Waals surface area contributed by atoms with Gasteiger partial charge in [0.25, 0.3) is 5.91 Å². The van der Waals surface area contributed by atoms with Crippen LogP contribution in [0.2, 0.25) is 10.0 Å². The number of hydrogen-bond donors (Lipinski definition) is 1. The maximum atomic E-state index is 12.4. The molecule has 3 rings (SSSR count). The van der Waals surface area contributed by atoms with Gasteiger partial charge in [0.2, 0.25) is 0 Å². The molecular weight excluding hydrogens is 431 g/mol. The Kier molecular flexibility index (Phi) is 7.41. The summed E-state index contributed by atoms with van der Waals surface area (Å²) < 4.78 is 7.14. The maximum Gasteiger partial charge on any atom is 0.251 e. The van der Waals surface area contributed by atoms with Crippen LogP contribution in [0.25, 0.3) is 0 Å². The predicted octanol–water partition coefficient (Wildman–Crippen LogP) is 4.84. The predicted molar refractivity (Wildman–Crippen MR) is 116 cm³/mol. The molecule has 0 atom stereocenters. The van der Waals surface area contributed by atoms with Gasteiger partial charge in [-0.1, -0.05) is 47.1 Å². The first-order chi connectivity index (χ1) is 14.0. The molecule has 9 heteroatoms. The Morgan fingerprint density at radius 3 is 2.72 bits per heavy atom. The largest absolute Gasteiger partial charge is 0.497 e. The SMILES string of the molecule is CCn1c(CNC(=O)c2cccc(OC)c2)nnc1SCc1ccc(Cl)c(Cl)c1. The maximum absolute atomic E-state index is 12.4. The minimum atomic E-state index is -0.195. The minimum absolute atomic E-state index is 0.195. The zero-order valence-electron chi connectivity index (χ0n) is 16.0. The average molecular weight is 451 g/mol. The fraction of sp³-hybridized carbons (Fsp3) is 0.250. The summed E-state index contributed by atoms with van der Waals surface area (Å²) in [6.07, 6.45) is 0. The number of rotatable bonds is 8. The second kappa shape index (κ2) is 10.0. The number of nitrogens with zero attached hydrogens (tertiary/aromatic N) is 3. The van der Waals surface area contributed by atoms with Crippen LogP contribution < -0.4 is 10.1 Å². The van der Waals surface area contributed by atoms with Crippen LogP contribution in [0.4, 0.5) is 0 Å². The van der Waals surface area contributed by atoms with Crippen LogP contribution in [0.5, 0.6) is 5.75 Å². The van der Waals surface area contributed by atoms with Crippen molar-refractivity contribution in [2.24, 2.45) is 0 Å². The molecule has 0 spiro atoms. The van der Waals surface area contributed by atoms with Crippen LogP contribution in [0.1, 0.15) is 28.7 Å².